The summed E-state index contributed by atoms with van der Waals surface area (Å²) >= 11 is 6.27. The minimum Gasteiger partial charge on any atom is -0.360 e. The topological polar surface area (TPSA) is 85.8 Å². The molecule has 0 saturated carbocycles. The first-order valence-corrected chi connectivity index (χ1v) is 9.33. The lowest BCUT2D eigenvalue weighted by molar-refractivity contribution is 0.0950. The summed E-state index contributed by atoms with van der Waals surface area (Å²) in [6, 6.07) is 9.18. The molecule has 29 heavy (non-hydrogen) atoms. The number of nitrogens with one attached hydrogen (secondary N) is 1. The summed E-state index contributed by atoms with van der Waals surface area (Å²) in [7, 11) is 1.86. The molecular weight excluding hydrogens is 390 g/mol. The van der Waals surface area contributed by atoms with Gasteiger partial charge in [0.05, 0.1) is 11.2 Å². The van der Waals surface area contributed by atoms with Crippen LogP contribution in [0.25, 0.3) is 22.4 Å². The number of amides is 1. The summed E-state index contributed by atoms with van der Waals surface area (Å²) < 4.78 is 7.00. The standard InChI is InChI=1S/C21H18ClN5O2/c1-13-19(20(26-29-13)17-5-3-4-6-18(17)22)21(28)24-9-14-7-15(10-23-8-14)16-11-25-27(2)12-16/h3-8,10-12H,9H2,1-2H3,(H,24,28). The van der Waals surface area contributed by atoms with Crippen molar-refractivity contribution >= 4 is 17.5 Å². The summed E-state index contributed by atoms with van der Waals surface area (Å²) in [4.78, 5) is 17.1. The molecule has 0 aliphatic heterocycles. The molecule has 0 aliphatic rings. The van der Waals surface area contributed by atoms with Crippen LogP contribution < -0.4 is 5.32 Å². The Bertz CT molecular complexity index is 1180. The third kappa shape index (κ3) is 3.90. The van der Waals surface area contributed by atoms with E-state index in [-0.39, 0.29) is 5.91 Å². The van der Waals surface area contributed by atoms with Gasteiger partial charge in [-0.1, -0.05) is 35.0 Å². The zero-order valence-electron chi connectivity index (χ0n) is 15.9. The van der Waals surface area contributed by atoms with Crippen LogP contribution in [0.15, 0.2) is 59.6 Å². The molecule has 0 aliphatic carbocycles. The van der Waals surface area contributed by atoms with Crippen LogP contribution in [-0.4, -0.2) is 25.8 Å². The lowest BCUT2D eigenvalue weighted by atomic mass is 10.1. The third-order valence-electron chi connectivity index (χ3n) is 4.50. The quantitative estimate of drug-likeness (QED) is 0.539. The smallest absolute Gasteiger partial charge is 0.257 e. The molecule has 0 unspecified atom stereocenters. The molecule has 0 saturated heterocycles. The summed E-state index contributed by atoms with van der Waals surface area (Å²) in [5.41, 5.74) is 4.21. The average Bonchev–Trinajstić information content (AvgIpc) is 3.32. The second-order valence-corrected chi connectivity index (χ2v) is 7.02. The van der Waals surface area contributed by atoms with E-state index < -0.39 is 0 Å². The molecule has 4 aromatic rings. The Hall–Kier alpha value is -3.45. The molecular formula is C21H18ClN5O2. The Balaban J connectivity index is 1.54. The van der Waals surface area contributed by atoms with E-state index in [2.05, 4.69) is 20.6 Å². The third-order valence-corrected chi connectivity index (χ3v) is 4.83. The molecule has 0 atom stereocenters. The van der Waals surface area contributed by atoms with E-state index >= 15 is 0 Å². The molecule has 0 bridgehead atoms. The lowest BCUT2D eigenvalue weighted by Crippen LogP contribution is -2.23. The molecule has 1 aromatic carbocycles. The highest BCUT2D eigenvalue weighted by Crippen LogP contribution is 2.31. The van der Waals surface area contributed by atoms with E-state index in [0.29, 0.717) is 34.1 Å². The van der Waals surface area contributed by atoms with Gasteiger partial charge in [-0.3, -0.25) is 14.5 Å². The molecule has 3 aromatic heterocycles. The Morgan fingerprint density at radius 3 is 2.79 bits per heavy atom. The number of aromatic nitrogens is 4. The Labute approximate surface area is 172 Å². The fourth-order valence-corrected chi connectivity index (χ4v) is 3.29. The first kappa shape index (κ1) is 18.9. The van der Waals surface area contributed by atoms with Gasteiger partial charge in [0, 0.05) is 48.9 Å². The number of rotatable bonds is 5. The largest absolute Gasteiger partial charge is 0.360 e. The van der Waals surface area contributed by atoms with Crippen LogP contribution in [0.1, 0.15) is 21.7 Å². The first-order chi connectivity index (χ1) is 14.0. The van der Waals surface area contributed by atoms with Crippen LogP contribution in [0.4, 0.5) is 0 Å². The molecule has 1 amide bonds. The Morgan fingerprint density at radius 1 is 1.21 bits per heavy atom. The van der Waals surface area contributed by atoms with Crippen molar-refractivity contribution in [3.05, 3.63) is 77.0 Å². The van der Waals surface area contributed by atoms with Crippen LogP contribution in [0.2, 0.25) is 5.02 Å². The van der Waals surface area contributed by atoms with Crippen molar-refractivity contribution in [3.63, 3.8) is 0 Å². The zero-order chi connectivity index (χ0) is 20.4. The first-order valence-electron chi connectivity index (χ1n) is 8.95. The maximum Gasteiger partial charge on any atom is 0.257 e. The van der Waals surface area contributed by atoms with Gasteiger partial charge in [-0.15, -0.1) is 0 Å². The second kappa shape index (κ2) is 7.89. The van der Waals surface area contributed by atoms with E-state index in [0.717, 1.165) is 16.7 Å². The minimum absolute atomic E-state index is 0.287. The van der Waals surface area contributed by atoms with Gasteiger partial charge >= 0.3 is 0 Å². The van der Waals surface area contributed by atoms with Gasteiger partial charge in [0.15, 0.2) is 0 Å². The van der Waals surface area contributed by atoms with E-state index in [1.165, 1.54) is 0 Å². The van der Waals surface area contributed by atoms with Gasteiger partial charge in [0.2, 0.25) is 0 Å². The minimum atomic E-state index is -0.287. The number of carbonyl (C=O) groups excluding carboxylic acids is 1. The van der Waals surface area contributed by atoms with Crippen LogP contribution in [0.5, 0.6) is 0 Å². The van der Waals surface area contributed by atoms with Gasteiger partial charge in [-0.05, 0) is 24.6 Å². The van der Waals surface area contributed by atoms with Crippen molar-refractivity contribution in [3.8, 4) is 22.4 Å². The van der Waals surface area contributed by atoms with E-state index in [4.69, 9.17) is 16.1 Å². The molecule has 4 rings (SSSR count). The number of hydrogen-bond acceptors (Lipinski definition) is 5. The van der Waals surface area contributed by atoms with E-state index in [9.17, 15) is 4.79 Å². The van der Waals surface area contributed by atoms with Gasteiger partial charge < -0.3 is 9.84 Å². The fraction of sp³-hybridized carbons (Fsp3) is 0.143. The number of nitrogens with zero attached hydrogens (tertiary/aromatic N) is 4. The fourth-order valence-electron chi connectivity index (χ4n) is 3.06. The van der Waals surface area contributed by atoms with Gasteiger partial charge in [-0.25, -0.2) is 0 Å². The molecule has 1 N–H and O–H groups in total. The predicted octanol–water partition coefficient (Wildman–Crippen LogP) is 4.03. The number of benzene rings is 1. The van der Waals surface area contributed by atoms with Crippen molar-refractivity contribution in [2.45, 2.75) is 13.5 Å². The van der Waals surface area contributed by atoms with Crippen LogP contribution in [-0.2, 0) is 13.6 Å². The normalized spacial score (nSPS) is 10.9. The highest BCUT2D eigenvalue weighted by atomic mass is 35.5. The van der Waals surface area contributed by atoms with Crippen LogP contribution in [0, 0.1) is 6.92 Å². The number of pyridine rings is 1. The summed E-state index contributed by atoms with van der Waals surface area (Å²) in [5.74, 6) is 0.144. The maximum atomic E-state index is 12.9. The summed E-state index contributed by atoms with van der Waals surface area (Å²) in [6.07, 6.45) is 7.17. The Kier molecular flexibility index (Phi) is 5.14. The van der Waals surface area contributed by atoms with Crippen molar-refractivity contribution < 1.29 is 9.32 Å². The SMILES string of the molecule is Cc1onc(-c2ccccc2Cl)c1C(=O)NCc1cncc(-c2cnn(C)c2)c1. The molecule has 0 fully saturated rings. The summed E-state index contributed by atoms with van der Waals surface area (Å²) in [5, 5.41) is 11.6. The van der Waals surface area contributed by atoms with E-state index in [1.54, 1.807) is 42.3 Å². The zero-order valence-corrected chi connectivity index (χ0v) is 16.6. The van der Waals surface area contributed by atoms with Crippen LogP contribution >= 0.6 is 11.6 Å². The molecule has 146 valence electrons. The van der Waals surface area contributed by atoms with Crippen molar-refractivity contribution in [1.29, 1.82) is 0 Å². The van der Waals surface area contributed by atoms with Crippen molar-refractivity contribution in [2.75, 3.05) is 0 Å². The lowest BCUT2D eigenvalue weighted by Gasteiger charge is -2.07. The second-order valence-electron chi connectivity index (χ2n) is 6.61. The van der Waals surface area contributed by atoms with Gasteiger partial charge in [0.25, 0.3) is 5.91 Å². The maximum absolute atomic E-state index is 12.9. The molecule has 0 spiro atoms. The molecule has 0 radical (unpaired) electrons. The predicted molar refractivity (Wildman–Crippen MR) is 109 cm³/mol. The monoisotopic (exact) mass is 407 g/mol. The number of aryl methyl sites for hydroxylation is 2. The van der Waals surface area contributed by atoms with E-state index in [1.807, 2.05) is 31.4 Å². The van der Waals surface area contributed by atoms with Gasteiger partial charge in [0.1, 0.15) is 17.0 Å². The van der Waals surface area contributed by atoms with Crippen LogP contribution in [0.3, 0.4) is 0 Å². The highest BCUT2D eigenvalue weighted by molar-refractivity contribution is 6.33. The van der Waals surface area contributed by atoms with Gasteiger partial charge in [-0.2, -0.15) is 5.10 Å². The van der Waals surface area contributed by atoms with Crippen molar-refractivity contribution in [1.82, 2.24) is 25.2 Å². The number of carbonyl (C=O) groups is 1. The Morgan fingerprint density at radius 2 is 2.03 bits per heavy atom. The number of hydrogen-bond donors (Lipinski definition) is 1. The van der Waals surface area contributed by atoms with Crippen molar-refractivity contribution in [2.24, 2.45) is 7.05 Å². The number of halogens is 1. The molecule has 3 heterocycles. The molecule has 7 nitrogen and oxygen atoms in total. The highest BCUT2D eigenvalue weighted by Gasteiger charge is 2.22. The summed E-state index contributed by atoms with van der Waals surface area (Å²) in [6.45, 7) is 2.01. The average molecular weight is 408 g/mol. The molecule has 8 heteroatoms.